The Morgan fingerprint density at radius 2 is 1.68 bits per heavy atom. The number of nitrogens with one attached hydrogen (secondary N) is 2. The van der Waals surface area contributed by atoms with Crippen LogP contribution in [0.4, 0.5) is 20.6 Å². The lowest BCUT2D eigenvalue weighted by atomic mass is 10.0. The molecule has 5 rings (SSSR count). The lowest BCUT2D eigenvalue weighted by Gasteiger charge is -2.36. The average Bonchev–Trinajstić information content (AvgIpc) is 3.28. The number of carbonyl (C=O) groups excluding carboxylic acids is 1. The van der Waals surface area contributed by atoms with E-state index < -0.39 is 0 Å². The monoisotopic (exact) mass is 414 g/mol. The van der Waals surface area contributed by atoms with Crippen molar-refractivity contribution in [1.82, 2.24) is 9.88 Å². The van der Waals surface area contributed by atoms with Gasteiger partial charge in [0.25, 0.3) is 0 Å². The number of hydrogen-bond acceptors (Lipinski definition) is 2. The van der Waals surface area contributed by atoms with Crippen LogP contribution in [0.1, 0.15) is 0 Å². The maximum Gasteiger partial charge on any atom is 0.321 e. The fourth-order valence-corrected chi connectivity index (χ4v) is 4.05. The minimum atomic E-state index is -0.217. The standard InChI is InChI=1S/C25H23FN4O/c26-23-4-2-1-3-22(23)18-5-8-21(9-6-18)29-13-15-30(16-14-29)25(31)28-20-7-10-24-19(17-20)11-12-27-24/h1-12,17,27H,13-16H2,(H,28,31). The van der Waals surface area contributed by atoms with E-state index in [1.54, 1.807) is 12.1 Å². The third-order valence-corrected chi connectivity index (χ3v) is 5.79. The van der Waals surface area contributed by atoms with Crippen molar-refractivity contribution in [2.75, 3.05) is 36.4 Å². The number of hydrogen-bond donors (Lipinski definition) is 2. The summed E-state index contributed by atoms with van der Waals surface area (Å²) in [7, 11) is 0. The number of aromatic nitrogens is 1. The molecule has 1 aliphatic heterocycles. The van der Waals surface area contributed by atoms with Crippen LogP contribution in [-0.4, -0.2) is 42.1 Å². The molecule has 0 spiro atoms. The highest BCUT2D eigenvalue weighted by Crippen LogP contribution is 2.26. The molecular formula is C25H23FN4O. The Morgan fingerprint density at radius 1 is 0.903 bits per heavy atom. The maximum atomic E-state index is 14.0. The molecule has 1 aliphatic rings. The van der Waals surface area contributed by atoms with E-state index >= 15 is 0 Å². The number of anilines is 2. The van der Waals surface area contributed by atoms with Gasteiger partial charge in [-0.1, -0.05) is 30.3 Å². The number of fused-ring (bicyclic) bond motifs is 1. The molecule has 2 heterocycles. The largest absolute Gasteiger partial charge is 0.368 e. The molecule has 31 heavy (non-hydrogen) atoms. The van der Waals surface area contributed by atoms with E-state index in [0.29, 0.717) is 18.7 Å². The molecule has 0 bridgehead atoms. The van der Waals surface area contributed by atoms with Gasteiger partial charge in [0.05, 0.1) is 0 Å². The van der Waals surface area contributed by atoms with E-state index in [4.69, 9.17) is 0 Å². The Balaban J connectivity index is 1.20. The molecule has 0 aliphatic carbocycles. The molecular weight excluding hydrogens is 391 g/mol. The first-order valence-electron chi connectivity index (χ1n) is 10.4. The zero-order valence-electron chi connectivity index (χ0n) is 17.0. The fraction of sp³-hybridized carbons (Fsp3) is 0.160. The quantitative estimate of drug-likeness (QED) is 0.476. The molecule has 6 heteroatoms. The van der Waals surface area contributed by atoms with Crippen molar-refractivity contribution in [3.05, 3.63) is 84.8 Å². The average molecular weight is 414 g/mol. The van der Waals surface area contributed by atoms with Crippen LogP contribution < -0.4 is 10.2 Å². The summed E-state index contributed by atoms with van der Waals surface area (Å²) in [4.78, 5) is 19.9. The van der Waals surface area contributed by atoms with Crippen LogP contribution in [0.3, 0.4) is 0 Å². The molecule has 156 valence electrons. The summed E-state index contributed by atoms with van der Waals surface area (Å²) in [6.45, 7) is 2.80. The van der Waals surface area contributed by atoms with Gasteiger partial charge >= 0.3 is 6.03 Å². The molecule has 0 atom stereocenters. The van der Waals surface area contributed by atoms with E-state index in [1.165, 1.54) is 6.07 Å². The molecule has 5 nitrogen and oxygen atoms in total. The predicted octanol–water partition coefficient (Wildman–Crippen LogP) is 5.33. The lowest BCUT2D eigenvalue weighted by Crippen LogP contribution is -2.50. The highest BCUT2D eigenvalue weighted by molar-refractivity contribution is 5.93. The lowest BCUT2D eigenvalue weighted by molar-refractivity contribution is 0.208. The van der Waals surface area contributed by atoms with Gasteiger partial charge < -0.3 is 20.1 Å². The van der Waals surface area contributed by atoms with Gasteiger partial charge in [0.1, 0.15) is 5.82 Å². The number of aromatic amines is 1. The van der Waals surface area contributed by atoms with E-state index in [1.807, 2.05) is 65.7 Å². The number of benzene rings is 3. The molecule has 1 saturated heterocycles. The zero-order chi connectivity index (χ0) is 21.2. The molecule has 4 aromatic rings. The molecule has 2 amide bonds. The summed E-state index contributed by atoms with van der Waals surface area (Å²) in [5.74, 6) is -0.217. The van der Waals surface area contributed by atoms with Crippen molar-refractivity contribution in [3.63, 3.8) is 0 Å². The van der Waals surface area contributed by atoms with Crippen molar-refractivity contribution in [3.8, 4) is 11.1 Å². The van der Waals surface area contributed by atoms with E-state index in [2.05, 4.69) is 15.2 Å². The zero-order valence-corrected chi connectivity index (χ0v) is 17.0. The summed E-state index contributed by atoms with van der Waals surface area (Å²) in [6, 6.07) is 22.5. The number of rotatable bonds is 3. The second-order valence-electron chi connectivity index (χ2n) is 7.71. The van der Waals surface area contributed by atoms with Gasteiger partial charge in [-0.2, -0.15) is 0 Å². The Labute approximate surface area is 180 Å². The Bertz CT molecular complexity index is 1210. The number of piperazine rings is 1. The first-order chi connectivity index (χ1) is 15.2. The van der Waals surface area contributed by atoms with E-state index in [-0.39, 0.29) is 11.8 Å². The molecule has 0 unspecified atom stereocenters. The van der Waals surface area contributed by atoms with Crippen molar-refractivity contribution in [2.45, 2.75) is 0 Å². The summed E-state index contributed by atoms with van der Waals surface area (Å²) in [6.07, 6.45) is 1.89. The topological polar surface area (TPSA) is 51.4 Å². The number of H-pyrrole nitrogens is 1. The van der Waals surface area contributed by atoms with E-state index in [9.17, 15) is 9.18 Å². The van der Waals surface area contributed by atoms with Crippen molar-refractivity contribution in [1.29, 1.82) is 0 Å². The van der Waals surface area contributed by atoms with Crippen LogP contribution in [-0.2, 0) is 0 Å². The summed E-state index contributed by atoms with van der Waals surface area (Å²) in [5, 5.41) is 4.07. The van der Waals surface area contributed by atoms with Gasteiger partial charge in [-0.15, -0.1) is 0 Å². The molecule has 1 fully saturated rings. The smallest absolute Gasteiger partial charge is 0.321 e. The number of nitrogens with zero attached hydrogens (tertiary/aromatic N) is 2. The number of halogens is 1. The van der Waals surface area contributed by atoms with Crippen molar-refractivity contribution >= 4 is 28.3 Å². The van der Waals surface area contributed by atoms with Crippen LogP contribution in [0, 0.1) is 5.82 Å². The van der Waals surface area contributed by atoms with Gasteiger partial charge in [0.2, 0.25) is 0 Å². The van der Waals surface area contributed by atoms with Crippen LogP contribution >= 0.6 is 0 Å². The first kappa shape index (κ1) is 19.2. The molecule has 1 aromatic heterocycles. The second kappa shape index (κ2) is 8.14. The van der Waals surface area contributed by atoms with Gasteiger partial charge in [-0.25, -0.2) is 9.18 Å². The maximum absolute atomic E-state index is 14.0. The number of urea groups is 1. The van der Waals surface area contributed by atoms with Crippen molar-refractivity contribution < 1.29 is 9.18 Å². The third-order valence-electron chi connectivity index (χ3n) is 5.79. The van der Waals surface area contributed by atoms with Crippen molar-refractivity contribution in [2.24, 2.45) is 0 Å². The van der Waals surface area contributed by atoms with Gasteiger partial charge in [0, 0.05) is 60.2 Å². The highest BCUT2D eigenvalue weighted by Gasteiger charge is 2.21. The normalized spacial score (nSPS) is 14.1. The summed E-state index contributed by atoms with van der Waals surface area (Å²) in [5.41, 5.74) is 4.39. The van der Waals surface area contributed by atoms with Gasteiger partial charge in [0.15, 0.2) is 0 Å². The van der Waals surface area contributed by atoms with Crippen LogP contribution in [0.15, 0.2) is 79.0 Å². The van der Waals surface area contributed by atoms with Crippen LogP contribution in [0.2, 0.25) is 0 Å². The second-order valence-corrected chi connectivity index (χ2v) is 7.71. The molecule has 3 aromatic carbocycles. The summed E-state index contributed by atoms with van der Waals surface area (Å²) < 4.78 is 14.0. The SMILES string of the molecule is O=C(Nc1ccc2[nH]ccc2c1)N1CCN(c2ccc(-c3ccccc3F)cc2)CC1. The number of amides is 2. The van der Waals surface area contributed by atoms with Crippen LogP contribution in [0.5, 0.6) is 0 Å². The predicted molar refractivity (Wildman–Crippen MR) is 123 cm³/mol. The minimum absolute atomic E-state index is 0.0792. The molecule has 2 N–H and O–H groups in total. The molecule has 0 saturated carbocycles. The fourth-order valence-electron chi connectivity index (χ4n) is 4.05. The third kappa shape index (κ3) is 3.97. The summed E-state index contributed by atoms with van der Waals surface area (Å²) >= 11 is 0. The first-order valence-corrected chi connectivity index (χ1v) is 10.4. The minimum Gasteiger partial charge on any atom is -0.368 e. The van der Waals surface area contributed by atoms with E-state index in [0.717, 1.165) is 40.9 Å². The Morgan fingerprint density at radius 3 is 2.45 bits per heavy atom. The number of carbonyl (C=O) groups is 1. The van der Waals surface area contributed by atoms with Crippen LogP contribution in [0.25, 0.3) is 22.0 Å². The Hall–Kier alpha value is -3.80. The highest BCUT2D eigenvalue weighted by atomic mass is 19.1. The Kier molecular flexibility index (Phi) is 5.04. The van der Waals surface area contributed by atoms with Gasteiger partial charge in [-0.3, -0.25) is 0 Å². The van der Waals surface area contributed by atoms with Gasteiger partial charge in [-0.05, 0) is 48.0 Å². The molecule has 0 radical (unpaired) electrons.